The van der Waals surface area contributed by atoms with Crippen LogP contribution in [0.4, 0.5) is 0 Å². The first-order chi connectivity index (χ1) is 9.35. The molecule has 10 heteroatoms. The third-order valence-corrected chi connectivity index (χ3v) is 6.32. The Bertz CT molecular complexity index is 639. The van der Waals surface area contributed by atoms with Gasteiger partial charge >= 0.3 is 5.97 Å². The molecule has 1 aromatic rings. The van der Waals surface area contributed by atoms with Crippen LogP contribution in [0.25, 0.3) is 0 Å². The van der Waals surface area contributed by atoms with E-state index in [-0.39, 0.29) is 10.8 Å². The number of sulfonamides is 1. The van der Waals surface area contributed by atoms with Gasteiger partial charge in [-0.2, -0.15) is 4.31 Å². The minimum atomic E-state index is -4.08. The number of amides is 1. The maximum absolute atomic E-state index is 12.5. The summed E-state index contributed by atoms with van der Waals surface area (Å²) in [5.41, 5.74) is 5.86. The number of carboxylic acid groups (broad SMARTS) is 1. The summed E-state index contributed by atoms with van der Waals surface area (Å²) in [6, 6.07) is -0.933. The van der Waals surface area contributed by atoms with Crippen molar-refractivity contribution < 1.29 is 23.1 Å². The molecule has 0 saturated carbocycles. The molecule has 0 aromatic carbocycles. The van der Waals surface area contributed by atoms with E-state index in [1.54, 1.807) is 0 Å². The van der Waals surface area contributed by atoms with E-state index in [4.69, 9.17) is 10.8 Å². The molecule has 1 unspecified atom stereocenters. The third kappa shape index (κ3) is 2.53. The van der Waals surface area contributed by atoms with Gasteiger partial charge in [-0.05, 0) is 12.8 Å². The van der Waals surface area contributed by atoms with Crippen molar-refractivity contribution in [1.29, 1.82) is 0 Å². The van der Waals surface area contributed by atoms with Crippen molar-refractivity contribution in [3.8, 4) is 0 Å². The Morgan fingerprint density at radius 3 is 2.75 bits per heavy atom. The zero-order valence-electron chi connectivity index (χ0n) is 10.4. The van der Waals surface area contributed by atoms with Gasteiger partial charge in [0.2, 0.25) is 5.91 Å². The zero-order valence-corrected chi connectivity index (χ0v) is 12.0. The Balaban J connectivity index is 2.45. The van der Waals surface area contributed by atoms with Crippen LogP contribution in [0.15, 0.2) is 9.72 Å². The molecule has 0 spiro atoms. The molecule has 1 atom stereocenters. The molecule has 1 aromatic heterocycles. The first-order valence-corrected chi connectivity index (χ1v) is 8.15. The van der Waals surface area contributed by atoms with Gasteiger partial charge < -0.3 is 10.8 Å². The molecule has 1 saturated heterocycles. The minimum Gasteiger partial charge on any atom is -0.476 e. The summed E-state index contributed by atoms with van der Waals surface area (Å²) < 4.78 is 25.6. The average molecular weight is 319 g/mol. The van der Waals surface area contributed by atoms with Crippen molar-refractivity contribution in [3.05, 3.63) is 11.2 Å². The van der Waals surface area contributed by atoms with E-state index >= 15 is 0 Å². The molecular formula is C10H13N3O5S2. The number of nitrogens with zero attached hydrogens (tertiary/aromatic N) is 2. The lowest BCUT2D eigenvalue weighted by molar-refractivity contribution is -0.122. The van der Waals surface area contributed by atoms with Crippen LogP contribution in [-0.4, -0.2) is 47.3 Å². The van der Waals surface area contributed by atoms with Crippen LogP contribution in [0.2, 0.25) is 0 Å². The molecule has 8 nitrogen and oxygen atoms in total. The smallest absolute Gasteiger partial charge is 0.356 e. The van der Waals surface area contributed by atoms with Crippen LogP contribution < -0.4 is 5.73 Å². The maximum Gasteiger partial charge on any atom is 0.356 e. The van der Waals surface area contributed by atoms with Crippen molar-refractivity contribution in [1.82, 2.24) is 9.29 Å². The number of thiazole rings is 1. The monoisotopic (exact) mass is 319 g/mol. The number of rotatable bonds is 4. The van der Waals surface area contributed by atoms with Gasteiger partial charge in [0.05, 0.1) is 5.51 Å². The summed E-state index contributed by atoms with van der Waals surface area (Å²) in [5.74, 6) is -2.15. The van der Waals surface area contributed by atoms with Crippen LogP contribution in [0.5, 0.6) is 0 Å². The number of hydrogen-bond donors (Lipinski definition) is 2. The topological polar surface area (TPSA) is 131 Å². The van der Waals surface area contributed by atoms with Gasteiger partial charge in [-0.3, -0.25) is 4.79 Å². The Labute approximate surface area is 119 Å². The van der Waals surface area contributed by atoms with Crippen molar-refractivity contribution in [3.63, 3.8) is 0 Å². The van der Waals surface area contributed by atoms with E-state index in [0.717, 1.165) is 21.2 Å². The Morgan fingerprint density at radius 1 is 1.45 bits per heavy atom. The minimum absolute atomic E-state index is 0.146. The van der Waals surface area contributed by atoms with Crippen LogP contribution in [0, 0.1) is 0 Å². The van der Waals surface area contributed by atoms with Crippen LogP contribution in [0.1, 0.15) is 29.8 Å². The average Bonchev–Trinajstić information content (AvgIpc) is 2.88. The first kappa shape index (κ1) is 14.9. The molecular weight excluding hydrogens is 306 g/mol. The van der Waals surface area contributed by atoms with E-state index in [0.29, 0.717) is 19.3 Å². The number of nitrogens with two attached hydrogens (primary N) is 1. The standard InChI is InChI=1S/C10H13N3O5S2/c11-8(14)6-3-1-2-4-13(6)20(17,18)10-7(9(15)16)12-5-19-10/h5-6H,1-4H2,(H2,11,14)(H,15,16). The SMILES string of the molecule is NC(=O)C1CCCCN1S(=O)(=O)c1scnc1C(=O)O. The summed E-state index contributed by atoms with van der Waals surface area (Å²) in [6.45, 7) is 0.146. The molecule has 0 radical (unpaired) electrons. The molecule has 1 aliphatic heterocycles. The van der Waals surface area contributed by atoms with Crippen molar-refractivity contribution in [2.75, 3.05) is 6.54 Å². The summed E-state index contributed by atoms with van der Waals surface area (Å²) in [6.07, 6.45) is 1.65. The fraction of sp³-hybridized carbons (Fsp3) is 0.500. The van der Waals surface area contributed by atoms with E-state index < -0.39 is 33.6 Å². The van der Waals surface area contributed by atoms with Crippen LogP contribution in [-0.2, 0) is 14.8 Å². The van der Waals surface area contributed by atoms with Gasteiger partial charge in [0.15, 0.2) is 9.90 Å². The lowest BCUT2D eigenvalue weighted by Crippen LogP contribution is -2.50. The Morgan fingerprint density at radius 2 is 2.15 bits per heavy atom. The van der Waals surface area contributed by atoms with Gasteiger partial charge in [-0.15, -0.1) is 11.3 Å². The highest BCUT2D eigenvalue weighted by atomic mass is 32.2. The zero-order chi connectivity index (χ0) is 14.9. The number of aromatic carboxylic acids is 1. The summed E-state index contributed by atoms with van der Waals surface area (Å²) >= 11 is 0.719. The fourth-order valence-electron chi connectivity index (χ4n) is 2.14. The largest absolute Gasteiger partial charge is 0.476 e. The van der Waals surface area contributed by atoms with E-state index in [1.807, 2.05) is 0 Å². The number of piperidine rings is 1. The Hall–Kier alpha value is -1.52. The van der Waals surface area contributed by atoms with Gasteiger partial charge in [-0.1, -0.05) is 6.42 Å². The van der Waals surface area contributed by atoms with E-state index in [1.165, 1.54) is 0 Å². The molecule has 20 heavy (non-hydrogen) atoms. The van der Waals surface area contributed by atoms with Crippen molar-refractivity contribution in [2.45, 2.75) is 29.5 Å². The second-order valence-electron chi connectivity index (χ2n) is 4.32. The van der Waals surface area contributed by atoms with Crippen molar-refractivity contribution >= 4 is 33.2 Å². The molecule has 110 valence electrons. The molecule has 1 aliphatic rings. The maximum atomic E-state index is 12.5. The number of primary amides is 1. The summed E-state index contributed by atoms with van der Waals surface area (Å²) in [5, 5.41) is 8.96. The number of carbonyl (C=O) groups excluding carboxylic acids is 1. The number of hydrogen-bond acceptors (Lipinski definition) is 6. The lowest BCUT2D eigenvalue weighted by atomic mass is 10.0. The van der Waals surface area contributed by atoms with Gasteiger partial charge in [-0.25, -0.2) is 18.2 Å². The van der Waals surface area contributed by atoms with Gasteiger partial charge in [0.25, 0.3) is 10.0 Å². The second-order valence-corrected chi connectivity index (χ2v) is 7.26. The molecule has 3 N–H and O–H groups in total. The molecule has 1 fully saturated rings. The molecule has 0 aliphatic carbocycles. The quantitative estimate of drug-likeness (QED) is 0.795. The molecule has 2 heterocycles. The number of carboxylic acids is 1. The predicted octanol–water partition coefficient (Wildman–Crippen LogP) is -0.130. The number of carbonyl (C=O) groups is 2. The number of aromatic nitrogens is 1. The van der Waals surface area contributed by atoms with Crippen LogP contribution in [0.3, 0.4) is 0 Å². The summed E-state index contributed by atoms with van der Waals surface area (Å²) in [4.78, 5) is 25.9. The first-order valence-electron chi connectivity index (χ1n) is 5.83. The molecule has 0 bridgehead atoms. The highest BCUT2D eigenvalue weighted by molar-refractivity contribution is 7.91. The normalized spacial score (nSPS) is 20.7. The van der Waals surface area contributed by atoms with Gasteiger partial charge in [0, 0.05) is 6.54 Å². The lowest BCUT2D eigenvalue weighted by Gasteiger charge is -2.32. The third-order valence-electron chi connectivity index (χ3n) is 3.06. The van der Waals surface area contributed by atoms with Crippen molar-refractivity contribution in [2.24, 2.45) is 5.73 Å². The fourth-order valence-corrected chi connectivity index (χ4v) is 5.06. The van der Waals surface area contributed by atoms with E-state index in [9.17, 15) is 18.0 Å². The van der Waals surface area contributed by atoms with Crippen LogP contribution >= 0.6 is 11.3 Å². The highest BCUT2D eigenvalue weighted by Gasteiger charge is 2.39. The molecule has 1 amide bonds. The predicted molar refractivity (Wildman–Crippen MR) is 69.8 cm³/mol. The Kier molecular flexibility index (Phi) is 4.06. The van der Waals surface area contributed by atoms with E-state index in [2.05, 4.69) is 4.98 Å². The summed E-state index contributed by atoms with van der Waals surface area (Å²) in [7, 11) is -4.08. The highest BCUT2D eigenvalue weighted by Crippen LogP contribution is 2.29. The molecule has 2 rings (SSSR count). The van der Waals surface area contributed by atoms with Gasteiger partial charge in [0.1, 0.15) is 6.04 Å². The second kappa shape index (κ2) is 5.46.